The van der Waals surface area contributed by atoms with Crippen LogP contribution in [0.25, 0.3) is 0 Å². The molecule has 63 valence electrons. The van der Waals surface area contributed by atoms with Crippen molar-refractivity contribution in [3.05, 3.63) is 25.0 Å². The van der Waals surface area contributed by atoms with E-state index in [1.54, 1.807) is 6.08 Å². The lowest BCUT2D eigenvalue weighted by Gasteiger charge is -1.95. The third-order valence-electron chi connectivity index (χ3n) is 1.63. The van der Waals surface area contributed by atoms with Gasteiger partial charge >= 0.3 is 0 Å². The van der Waals surface area contributed by atoms with Crippen molar-refractivity contribution in [2.24, 2.45) is 0 Å². The van der Waals surface area contributed by atoms with Crippen molar-refractivity contribution in [2.45, 2.75) is 38.5 Å². The van der Waals surface area contributed by atoms with Gasteiger partial charge in [-0.3, -0.25) is 5.11 Å². The number of hydrogen-bond donors (Lipinski definition) is 0. The van der Waals surface area contributed by atoms with E-state index in [2.05, 4.69) is 6.58 Å². The van der Waals surface area contributed by atoms with Gasteiger partial charge in [0.1, 0.15) is 6.26 Å². The molecule has 0 spiro atoms. The maximum atomic E-state index is 9.87. The van der Waals surface area contributed by atoms with Crippen LogP contribution in [0.1, 0.15) is 38.5 Å². The average molecular weight is 153 g/mol. The van der Waals surface area contributed by atoms with Gasteiger partial charge in [-0.15, -0.1) is 6.58 Å². The quantitative estimate of drug-likeness (QED) is 0.303. The molecule has 0 saturated heterocycles. The summed E-state index contributed by atoms with van der Waals surface area (Å²) >= 11 is 0. The number of allylic oxidation sites excluding steroid dienone is 2. The molecule has 0 aromatic rings. The molecule has 0 aliphatic heterocycles. The first-order valence-corrected chi connectivity index (χ1v) is 4.29. The molecule has 1 radical (unpaired) electrons. The Morgan fingerprint density at radius 3 is 2.18 bits per heavy atom. The second-order valence-corrected chi connectivity index (χ2v) is 2.65. The van der Waals surface area contributed by atoms with Gasteiger partial charge in [0.15, 0.2) is 0 Å². The normalized spacial score (nSPS) is 10.5. The minimum absolute atomic E-state index is 0.879. The van der Waals surface area contributed by atoms with Crippen molar-refractivity contribution in [1.82, 2.24) is 0 Å². The van der Waals surface area contributed by atoms with Crippen molar-refractivity contribution in [1.29, 1.82) is 0 Å². The lowest BCUT2D eigenvalue weighted by atomic mass is 10.1. The van der Waals surface area contributed by atoms with Gasteiger partial charge in [-0.05, 0) is 31.8 Å². The SMILES string of the molecule is C=CCCCCCC/C=C/[O]. The molecule has 0 aliphatic rings. The molecule has 0 saturated carbocycles. The fourth-order valence-electron chi connectivity index (χ4n) is 0.972. The summed E-state index contributed by atoms with van der Waals surface area (Å²) in [6, 6.07) is 0. The Labute approximate surface area is 69.4 Å². The fraction of sp³-hybridized carbons (Fsp3) is 0.600. The highest BCUT2D eigenvalue weighted by molar-refractivity contribution is 4.71. The summed E-state index contributed by atoms with van der Waals surface area (Å²) in [5.74, 6) is 0. The van der Waals surface area contributed by atoms with E-state index in [4.69, 9.17) is 0 Å². The van der Waals surface area contributed by atoms with E-state index in [0.717, 1.165) is 25.5 Å². The van der Waals surface area contributed by atoms with Gasteiger partial charge in [0.25, 0.3) is 0 Å². The maximum absolute atomic E-state index is 9.87. The van der Waals surface area contributed by atoms with Crippen LogP contribution in [0.3, 0.4) is 0 Å². The van der Waals surface area contributed by atoms with Crippen molar-refractivity contribution in [3.63, 3.8) is 0 Å². The molecule has 0 fully saturated rings. The van der Waals surface area contributed by atoms with Gasteiger partial charge in [-0.2, -0.15) is 0 Å². The third-order valence-corrected chi connectivity index (χ3v) is 1.63. The molecule has 0 atom stereocenters. The Morgan fingerprint density at radius 2 is 1.64 bits per heavy atom. The summed E-state index contributed by atoms with van der Waals surface area (Å²) in [5, 5.41) is 9.87. The summed E-state index contributed by atoms with van der Waals surface area (Å²) in [6.07, 6.45) is 11.5. The van der Waals surface area contributed by atoms with Gasteiger partial charge in [0.05, 0.1) is 0 Å². The molecule has 11 heavy (non-hydrogen) atoms. The molecule has 1 heteroatoms. The molecule has 0 unspecified atom stereocenters. The fourth-order valence-corrected chi connectivity index (χ4v) is 0.972. The minimum Gasteiger partial charge on any atom is -0.299 e. The second-order valence-electron chi connectivity index (χ2n) is 2.65. The van der Waals surface area contributed by atoms with Gasteiger partial charge in [0.2, 0.25) is 0 Å². The topological polar surface area (TPSA) is 19.9 Å². The van der Waals surface area contributed by atoms with Gasteiger partial charge in [-0.25, -0.2) is 0 Å². The summed E-state index contributed by atoms with van der Waals surface area (Å²) in [5.41, 5.74) is 0. The molecule has 0 amide bonds. The minimum atomic E-state index is 0.879. The number of rotatable bonds is 7. The standard InChI is InChI=1S/C10H17O/c1-2-3-4-5-6-7-8-9-10-11/h2,9-10H,1,3-8H2/b10-9+. The van der Waals surface area contributed by atoms with Crippen LogP contribution in [-0.2, 0) is 5.11 Å². The third kappa shape index (κ3) is 9.28. The smallest absolute Gasteiger partial charge is 0.138 e. The molecule has 0 bridgehead atoms. The van der Waals surface area contributed by atoms with Crippen LogP contribution in [0, 0.1) is 0 Å². The Balaban J connectivity index is 2.84. The molecule has 1 nitrogen and oxygen atoms in total. The monoisotopic (exact) mass is 153 g/mol. The first-order valence-electron chi connectivity index (χ1n) is 4.29. The van der Waals surface area contributed by atoms with Gasteiger partial charge in [0, 0.05) is 0 Å². The molecular formula is C10H17O. The van der Waals surface area contributed by atoms with E-state index in [0.29, 0.717) is 0 Å². The average Bonchev–Trinajstić information content (AvgIpc) is 2.03. The number of unbranched alkanes of at least 4 members (excludes halogenated alkanes) is 5. The van der Waals surface area contributed by atoms with Crippen LogP contribution in [-0.4, -0.2) is 0 Å². The highest BCUT2D eigenvalue weighted by Crippen LogP contribution is 2.05. The predicted octanol–water partition coefficient (Wildman–Crippen LogP) is 3.46. The van der Waals surface area contributed by atoms with Crippen molar-refractivity contribution in [3.8, 4) is 0 Å². The second kappa shape index (κ2) is 9.28. The predicted molar refractivity (Wildman–Crippen MR) is 47.7 cm³/mol. The van der Waals surface area contributed by atoms with Crippen molar-refractivity contribution in [2.75, 3.05) is 0 Å². The van der Waals surface area contributed by atoms with Gasteiger partial charge < -0.3 is 0 Å². The van der Waals surface area contributed by atoms with Crippen molar-refractivity contribution < 1.29 is 5.11 Å². The lowest BCUT2D eigenvalue weighted by Crippen LogP contribution is -1.75. The molecule has 0 aromatic heterocycles. The highest BCUT2D eigenvalue weighted by atomic mass is 16.2. The molecule has 0 rings (SSSR count). The summed E-state index contributed by atoms with van der Waals surface area (Å²) in [6.45, 7) is 3.66. The Hall–Kier alpha value is -0.720. The van der Waals surface area contributed by atoms with Crippen LogP contribution < -0.4 is 0 Å². The lowest BCUT2D eigenvalue weighted by molar-refractivity contribution is 0.349. The zero-order valence-electron chi connectivity index (χ0n) is 7.09. The zero-order valence-corrected chi connectivity index (χ0v) is 7.09. The van der Waals surface area contributed by atoms with Crippen LogP contribution in [0.2, 0.25) is 0 Å². The molecule has 0 heterocycles. The van der Waals surface area contributed by atoms with Crippen molar-refractivity contribution >= 4 is 0 Å². The van der Waals surface area contributed by atoms with Crippen LogP contribution in [0.5, 0.6) is 0 Å². The molecule has 0 aliphatic carbocycles. The van der Waals surface area contributed by atoms with E-state index < -0.39 is 0 Å². The van der Waals surface area contributed by atoms with E-state index in [1.165, 1.54) is 19.3 Å². The van der Waals surface area contributed by atoms with Gasteiger partial charge in [-0.1, -0.05) is 18.9 Å². The Bertz CT molecular complexity index is 105. The largest absolute Gasteiger partial charge is 0.299 e. The summed E-state index contributed by atoms with van der Waals surface area (Å²) in [4.78, 5) is 0. The summed E-state index contributed by atoms with van der Waals surface area (Å²) in [7, 11) is 0. The molecular weight excluding hydrogens is 136 g/mol. The number of hydrogen-bond acceptors (Lipinski definition) is 0. The van der Waals surface area contributed by atoms with Crippen LogP contribution in [0.4, 0.5) is 0 Å². The van der Waals surface area contributed by atoms with E-state index in [1.807, 2.05) is 6.08 Å². The highest BCUT2D eigenvalue weighted by Gasteiger charge is 1.86. The van der Waals surface area contributed by atoms with E-state index in [9.17, 15) is 5.11 Å². The van der Waals surface area contributed by atoms with Crippen LogP contribution >= 0.6 is 0 Å². The Kier molecular flexibility index (Phi) is 8.67. The first-order chi connectivity index (χ1) is 5.41. The van der Waals surface area contributed by atoms with E-state index >= 15 is 0 Å². The summed E-state index contributed by atoms with van der Waals surface area (Å²) < 4.78 is 0. The van der Waals surface area contributed by atoms with Crippen LogP contribution in [0.15, 0.2) is 25.0 Å². The first kappa shape index (κ1) is 10.3. The Morgan fingerprint density at radius 1 is 1.00 bits per heavy atom. The molecule has 0 aromatic carbocycles. The zero-order chi connectivity index (χ0) is 8.36. The molecule has 0 N–H and O–H groups in total. The maximum Gasteiger partial charge on any atom is 0.138 e. The van der Waals surface area contributed by atoms with E-state index in [-0.39, 0.29) is 0 Å².